The first-order valence-electron chi connectivity index (χ1n) is 9.59. The van der Waals surface area contributed by atoms with Crippen molar-refractivity contribution >= 4 is 22.3 Å². The van der Waals surface area contributed by atoms with Crippen LogP contribution in [0.3, 0.4) is 0 Å². The topological polar surface area (TPSA) is 80.0 Å². The molecular weight excluding hydrogens is 376 g/mol. The van der Waals surface area contributed by atoms with E-state index in [4.69, 9.17) is 4.74 Å². The molecule has 8 heteroatoms. The number of benzene rings is 1. The lowest BCUT2D eigenvalue weighted by molar-refractivity contribution is -0.149. The summed E-state index contributed by atoms with van der Waals surface area (Å²) >= 11 is 1.46. The molecular formula is C20H24N4O3S. The van der Waals surface area contributed by atoms with Gasteiger partial charge in [-0.3, -0.25) is 9.69 Å². The molecule has 1 atom stereocenters. The third kappa shape index (κ3) is 3.49. The number of nitrogens with zero attached hydrogens (tertiary/aromatic N) is 4. The molecule has 148 valence electrons. The van der Waals surface area contributed by atoms with Crippen LogP contribution >= 0.6 is 11.3 Å². The summed E-state index contributed by atoms with van der Waals surface area (Å²) in [6.45, 7) is 5.59. The standard InChI is InChI=1S/C20H24N4O3S/c1-3-27-19(26)15-9-11-23(12-10-15)16(14-7-5-4-6-8-14)17-18(25)24-20(28-17)21-13(2)22-24/h4-8,15-16,25H,3,9-12H2,1-2H3. The zero-order chi connectivity index (χ0) is 19.7. The van der Waals surface area contributed by atoms with Gasteiger partial charge in [-0.05, 0) is 45.3 Å². The van der Waals surface area contributed by atoms with Gasteiger partial charge in [-0.2, -0.15) is 4.52 Å². The third-order valence-corrected chi connectivity index (χ3v) is 6.26. The second kappa shape index (κ2) is 7.89. The van der Waals surface area contributed by atoms with Gasteiger partial charge in [0.2, 0.25) is 10.8 Å². The molecule has 7 nitrogen and oxygen atoms in total. The van der Waals surface area contributed by atoms with Crippen LogP contribution in [0, 0.1) is 12.8 Å². The van der Waals surface area contributed by atoms with Crippen molar-refractivity contribution in [3.05, 3.63) is 46.6 Å². The van der Waals surface area contributed by atoms with Crippen molar-refractivity contribution in [2.24, 2.45) is 5.92 Å². The Kier molecular flexibility index (Phi) is 5.32. The number of carbonyl (C=O) groups is 1. The Hall–Kier alpha value is -2.45. The van der Waals surface area contributed by atoms with Gasteiger partial charge < -0.3 is 9.84 Å². The molecule has 1 unspecified atom stereocenters. The van der Waals surface area contributed by atoms with E-state index in [1.165, 1.54) is 15.9 Å². The molecule has 1 saturated heterocycles. The number of aryl methyl sites for hydroxylation is 1. The summed E-state index contributed by atoms with van der Waals surface area (Å²) in [5.41, 5.74) is 1.11. The van der Waals surface area contributed by atoms with Gasteiger partial charge in [0.1, 0.15) is 5.82 Å². The van der Waals surface area contributed by atoms with Crippen LogP contribution in [0.15, 0.2) is 30.3 Å². The van der Waals surface area contributed by atoms with Crippen molar-refractivity contribution in [2.45, 2.75) is 32.7 Å². The number of hydrogen-bond donors (Lipinski definition) is 1. The van der Waals surface area contributed by atoms with Crippen LogP contribution in [0.5, 0.6) is 5.88 Å². The van der Waals surface area contributed by atoms with E-state index in [1.807, 2.05) is 32.0 Å². The SMILES string of the molecule is CCOC(=O)C1CCN(C(c2ccccc2)c2sc3nc(C)nn3c2O)CC1. The molecule has 0 bridgehead atoms. The zero-order valence-corrected chi connectivity index (χ0v) is 16.9. The summed E-state index contributed by atoms with van der Waals surface area (Å²) in [5.74, 6) is 0.628. The number of aromatic hydroxyl groups is 1. The highest BCUT2D eigenvalue weighted by Gasteiger charge is 2.34. The van der Waals surface area contributed by atoms with Crippen LogP contribution < -0.4 is 0 Å². The molecule has 28 heavy (non-hydrogen) atoms. The number of likely N-dealkylation sites (tertiary alicyclic amines) is 1. The van der Waals surface area contributed by atoms with Crippen LogP contribution in [-0.2, 0) is 9.53 Å². The van der Waals surface area contributed by atoms with Crippen LogP contribution in [0.1, 0.15) is 42.1 Å². The lowest BCUT2D eigenvalue weighted by Crippen LogP contribution is -2.39. The quantitative estimate of drug-likeness (QED) is 0.663. The van der Waals surface area contributed by atoms with Gasteiger partial charge in [0.05, 0.1) is 23.4 Å². The second-order valence-electron chi connectivity index (χ2n) is 7.02. The monoisotopic (exact) mass is 400 g/mol. The number of esters is 1. The molecule has 0 aliphatic carbocycles. The number of aromatic nitrogens is 3. The van der Waals surface area contributed by atoms with Gasteiger partial charge in [-0.15, -0.1) is 5.10 Å². The number of hydrogen-bond acceptors (Lipinski definition) is 7. The molecule has 0 radical (unpaired) electrons. The van der Waals surface area contributed by atoms with E-state index in [0.717, 1.165) is 36.4 Å². The molecule has 1 fully saturated rings. The Morgan fingerprint density at radius 3 is 2.68 bits per heavy atom. The Labute approximate surface area is 167 Å². The minimum absolute atomic E-state index is 0.0498. The van der Waals surface area contributed by atoms with Gasteiger partial charge in [0.15, 0.2) is 0 Å². The van der Waals surface area contributed by atoms with Gasteiger partial charge in [-0.1, -0.05) is 41.7 Å². The van der Waals surface area contributed by atoms with Crippen molar-refractivity contribution in [3.8, 4) is 5.88 Å². The first-order valence-corrected chi connectivity index (χ1v) is 10.4. The first-order chi connectivity index (χ1) is 13.6. The Bertz CT molecular complexity index is 961. The predicted octanol–water partition coefficient (Wildman–Crippen LogP) is 3.17. The number of thiazole rings is 1. The molecule has 1 aromatic carbocycles. The fraction of sp³-hybridized carbons (Fsp3) is 0.450. The Morgan fingerprint density at radius 1 is 1.32 bits per heavy atom. The van der Waals surface area contributed by atoms with E-state index in [0.29, 0.717) is 17.4 Å². The third-order valence-electron chi connectivity index (χ3n) is 5.18. The van der Waals surface area contributed by atoms with Crippen LogP contribution in [-0.4, -0.2) is 50.3 Å². The van der Waals surface area contributed by atoms with E-state index in [1.54, 1.807) is 0 Å². The van der Waals surface area contributed by atoms with E-state index in [2.05, 4.69) is 27.1 Å². The maximum atomic E-state index is 12.1. The largest absolute Gasteiger partial charge is 0.492 e. The fourth-order valence-corrected chi connectivity index (χ4v) is 5.01. The molecule has 1 N–H and O–H groups in total. The highest BCUT2D eigenvalue weighted by atomic mass is 32.1. The molecule has 3 heterocycles. The van der Waals surface area contributed by atoms with E-state index in [9.17, 15) is 9.90 Å². The number of piperidine rings is 1. The second-order valence-corrected chi connectivity index (χ2v) is 8.03. The summed E-state index contributed by atoms with van der Waals surface area (Å²) < 4.78 is 6.70. The normalized spacial score (nSPS) is 17.1. The molecule has 0 spiro atoms. The Balaban J connectivity index is 1.65. The highest BCUT2D eigenvalue weighted by Crippen LogP contribution is 2.41. The van der Waals surface area contributed by atoms with Crippen molar-refractivity contribution in [2.75, 3.05) is 19.7 Å². The van der Waals surface area contributed by atoms with Crippen molar-refractivity contribution in [3.63, 3.8) is 0 Å². The molecule has 4 rings (SSSR count). The summed E-state index contributed by atoms with van der Waals surface area (Å²) in [6, 6.07) is 10.0. The van der Waals surface area contributed by atoms with Gasteiger partial charge in [-0.25, -0.2) is 4.98 Å². The molecule has 3 aromatic rings. The average Bonchev–Trinajstić information content (AvgIpc) is 3.21. The minimum Gasteiger partial charge on any atom is -0.492 e. The predicted molar refractivity (Wildman–Crippen MR) is 106 cm³/mol. The van der Waals surface area contributed by atoms with Crippen molar-refractivity contribution in [1.82, 2.24) is 19.5 Å². The maximum absolute atomic E-state index is 12.1. The highest BCUT2D eigenvalue weighted by molar-refractivity contribution is 7.17. The number of ether oxygens (including phenoxy) is 1. The first kappa shape index (κ1) is 18.9. The van der Waals surface area contributed by atoms with Crippen LogP contribution in [0.4, 0.5) is 0 Å². The zero-order valence-electron chi connectivity index (χ0n) is 16.0. The van der Waals surface area contributed by atoms with E-state index < -0.39 is 0 Å². The van der Waals surface area contributed by atoms with Crippen molar-refractivity contribution < 1.29 is 14.6 Å². The summed E-state index contributed by atoms with van der Waals surface area (Å²) in [4.78, 5) is 20.3. The minimum atomic E-state index is -0.101. The maximum Gasteiger partial charge on any atom is 0.309 e. The van der Waals surface area contributed by atoms with Crippen molar-refractivity contribution in [1.29, 1.82) is 0 Å². The smallest absolute Gasteiger partial charge is 0.309 e. The van der Waals surface area contributed by atoms with E-state index in [-0.39, 0.29) is 23.8 Å². The molecule has 2 aromatic heterocycles. The Morgan fingerprint density at radius 2 is 2.04 bits per heavy atom. The lowest BCUT2D eigenvalue weighted by Gasteiger charge is -2.36. The number of carbonyl (C=O) groups excluding carboxylic acids is 1. The van der Waals surface area contributed by atoms with Crippen LogP contribution in [0.25, 0.3) is 4.96 Å². The molecule has 0 amide bonds. The summed E-state index contributed by atoms with van der Waals surface area (Å²) in [6.07, 6.45) is 1.51. The van der Waals surface area contributed by atoms with Crippen LogP contribution in [0.2, 0.25) is 0 Å². The average molecular weight is 401 g/mol. The van der Waals surface area contributed by atoms with Gasteiger partial charge in [0, 0.05) is 0 Å². The van der Waals surface area contributed by atoms with E-state index >= 15 is 0 Å². The summed E-state index contributed by atoms with van der Waals surface area (Å²) in [5, 5.41) is 15.1. The number of rotatable bonds is 5. The molecule has 1 aliphatic rings. The number of fused-ring (bicyclic) bond motifs is 1. The fourth-order valence-electron chi connectivity index (χ4n) is 3.84. The van der Waals surface area contributed by atoms with Gasteiger partial charge >= 0.3 is 5.97 Å². The summed E-state index contributed by atoms with van der Waals surface area (Å²) in [7, 11) is 0. The molecule has 1 aliphatic heterocycles. The lowest BCUT2D eigenvalue weighted by atomic mass is 9.94. The molecule has 0 saturated carbocycles. The van der Waals surface area contributed by atoms with Gasteiger partial charge in [0.25, 0.3) is 0 Å².